The van der Waals surface area contributed by atoms with Crippen molar-refractivity contribution in [1.29, 1.82) is 0 Å². The molecule has 2 rings (SSSR count). The third kappa shape index (κ3) is 3.28. The monoisotopic (exact) mass is 286 g/mol. The Morgan fingerprint density at radius 3 is 2.14 bits per heavy atom. The highest BCUT2D eigenvalue weighted by Crippen LogP contribution is 2.32. The van der Waals surface area contributed by atoms with Gasteiger partial charge in [-0.25, -0.2) is 4.39 Å². The van der Waals surface area contributed by atoms with Crippen LogP contribution in [0.15, 0.2) is 48.5 Å². The number of carbonyl (C=O) groups excluding carboxylic acids is 1. The van der Waals surface area contributed by atoms with Gasteiger partial charge < -0.3 is 9.47 Å². The molecule has 0 saturated heterocycles. The van der Waals surface area contributed by atoms with Crippen LogP contribution in [0.25, 0.3) is 5.57 Å². The van der Waals surface area contributed by atoms with Gasteiger partial charge in [-0.1, -0.05) is 18.2 Å². The second-order valence-electron chi connectivity index (χ2n) is 4.29. The van der Waals surface area contributed by atoms with Crippen LogP contribution >= 0.6 is 0 Å². The Labute approximate surface area is 122 Å². The Balaban J connectivity index is 2.51. The molecule has 4 heteroatoms. The largest absolute Gasteiger partial charge is 0.493 e. The van der Waals surface area contributed by atoms with E-state index in [2.05, 4.69) is 0 Å². The molecule has 0 bridgehead atoms. The number of aldehydes is 1. The highest BCUT2D eigenvalue weighted by atomic mass is 19.1. The molecule has 0 spiro atoms. The fourth-order valence-corrected chi connectivity index (χ4v) is 2.06. The van der Waals surface area contributed by atoms with E-state index in [0.29, 0.717) is 23.4 Å². The van der Waals surface area contributed by atoms with Crippen molar-refractivity contribution in [2.24, 2.45) is 0 Å². The molecule has 0 heterocycles. The number of ether oxygens (including phenoxy) is 2. The lowest BCUT2D eigenvalue weighted by molar-refractivity contribution is -0.104. The van der Waals surface area contributed by atoms with Gasteiger partial charge in [-0.2, -0.15) is 0 Å². The van der Waals surface area contributed by atoms with Crippen LogP contribution in [0.3, 0.4) is 0 Å². The van der Waals surface area contributed by atoms with E-state index in [4.69, 9.17) is 9.47 Å². The van der Waals surface area contributed by atoms with Gasteiger partial charge in [0, 0.05) is 0 Å². The standard InChI is InChI=1S/C17H15FO3/c1-20-16-8-5-13(11-17(16)21-2)15(9-10-19)12-3-6-14(18)7-4-12/h3-11H,1-2H3. The van der Waals surface area contributed by atoms with Crippen molar-refractivity contribution >= 4 is 11.9 Å². The molecule has 0 amide bonds. The zero-order valence-corrected chi connectivity index (χ0v) is 11.8. The van der Waals surface area contributed by atoms with Crippen LogP contribution in [-0.4, -0.2) is 20.5 Å². The molecule has 0 atom stereocenters. The molecule has 0 aromatic heterocycles. The molecule has 0 N–H and O–H groups in total. The van der Waals surface area contributed by atoms with Crippen molar-refractivity contribution in [2.75, 3.05) is 14.2 Å². The number of benzene rings is 2. The third-order valence-corrected chi connectivity index (χ3v) is 3.08. The average molecular weight is 286 g/mol. The van der Waals surface area contributed by atoms with Crippen LogP contribution in [-0.2, 0) is 4.79 Å². The van der Waals surface area contributed by atoms with Gasteiger partial charge in [0.1, 0.15) is 12.1 Å². The number of carbonyl (C=O) groups is 1. The van der Waals surface area contributed by atoms with E-state index in [9.17, 15) is 9.18 Å². The van der Waals surface area contributed by atoms with Crippen molar-refractivity contribution in [2.45, 2.75) is 0 Å². The Hall–Kier alpha value is -2.62. The van der Waals surface area contributed by atoms with E-state index in [-0.39, 0.29) is 5.82 Å². The number of hydrogen-bond acceptors (Lipinski definition) is 3. The second-order valence-corrected chi connectivity index (χ2v) is 4.29. The molecular weight excluding hydrogens is 271 g/mol. The molecule has 108 valence electrons. The van der Waals surface area contributed by atoms with E-state index >= 15 is 0 Å². The lowest BCUT2D eigenvalue weighted by atomic mass is 9.97. The van der Waals surface area contributed by atoms with Crippen molar-refractivity contribution in [3.05, 3.63) is 65.5 Å². The lowest BCUT2D eigenvalue weighted by Crippen LogP contribution is -1.94. The molecular formula is C17H15FO3. The SMILES string of the molecule is COc1ccc(C(=CC=O)c2ccc(F)cc2)cc1OC. The van der Waals surface area contributed by atoms with E-state index in [1.165, 1.54) is 18.2 Å². The topological polar surface area (TPSA) is 35.5 Å². The van der Waals surface area contributed by atoms with Gasteiger partial charge in [0.2, 0.25) is 0 Å². The summed E-state index contributed by atoms with van der Waals surface area (Å²) < 4.78 is 23.5. The van der Waals surface area contributed by atoms with E-state index in [1.54, 1.807) is 38.5 Å². The predicted octanol–water partition coefficient (Wildman–Crippen LogP) is 3.47. The predicted molar refractivity (Wildman–Crippen MR) is 79.1 cm³/mol. The highest BCUT2D eigenvalue weighted by molar-refractivity contribution is 5.90. The van der Waals surface area contributed by atoms with Gasteiger partial charge in [-0.05, 0) is 47.0 Å². The first kappa shape index (κ1) is 14.8. The highest BCUT2D eigenvalue weighted by Gasteiger charge is 2.10. The van der Waals surface area contributed by atoms with Gasteiger partial charge in [-0.15, -0.1) is 0 Å². The summed E-state index contributed by atoms with van der Waals surface area (Å²) in [6.07, 6.45) is 2.14. The minimum atomic E-state index is -0.323. The molecule has 0 unspecified atom stereocenters. The normalized spacial score (nSPS) is 11.1. The zero-order valence-electron chi connectivity index (χ0n) is 11.8. The number of allylic oxidation sites excluding steroid dienone is 1. The van der Waals surface area contributed by atoms with Gasteiger partial charge in [0.05, 0.1) is 14.2 Å². The van der Waals surface area contributed by atoms with Crippen molar-refractivity contribution < 1.29 is 18.7 Å². The Morgan fingerprint density at radius 2 is 1.57 bits per heavy atom. The summed E-state index contributed by atoms with van der Waals surface area (Å²) in [5, 5.41) is 0. The molecule has 0 aliphatic rings. The smallest absolute Gasteiger partial charge is 0.161 e. The molecule has 0 fully saturated rings. The van der Waals surface area contributed by atoms with Crippen LogP contribution in [0.1, 0.15) is 11.1 Å². The van der Waals surface area contributed by atoms with E-state index in [0.717, 1.165) is 11.1 Å². The fraction of sp³-hybridized carbons (Fsp3) is 0.118. The second kappa shape index (κ2) is 6.70. The van der Waals surface area contributed by atoms with E-state index in [1.807, 2.05) is 6.07 Å². The van der Waals surface area contributed by atoms with Gasteiger partial charge in [0.25, 0.3) is 0 Å². The fourth-order valence-electron chi connectivity index (χ4n) is 2.06. The molecule has 2 aromatic carbocycles. The van der Waals surface area contributed by atoms with Crippen LogP contribution in [0.2, 0.25) is 0 Å². The molecule has 3 nitrogen and oxygen atoms in total. The average Bonchev–Trinajstić information content (AvgIpc) is 2.53. The maximum Gasteiger partial charge on any atom is 0.161 e. The van der Waals surface area contributed by atoms with Crippen molar-refractivity contribution in [1.82, 2.24) is 0 Å². The van der Waals surface area contributed by atoms with Gasteiger partial charge >= 0.3 is 0 Å². The quantitative estimate of drug-likeness (QED) is 0.623. The molecule has 0 aliphatic carbocycles. The first-order chi connectivity index (χ1) is 10.2. The summed E-state index contributed by atoms with van der Waals surface area (Å²) in [4.78, 5) is 10.9. The summed E-state index contributed by atoms with van der Waals surface area (Å²) >= 11 is 0. The van der Waals surface area contributed by atoms with Crippen LogP contribution in [0, 0.1) is 5.82 Å². The third-order valence-electron chi connectivity index (χ3n) is 3.08. The van der Waals surface area contributed by atoms with Crippen molar-refractivity contribution in [3.8, 4) is 11.5 Å². The van der Waals surface area contributed by atoms with Crippen molar-refractivity contribution in [3.63, 3.8) is 0 Å². The maximum absolute atomic E-state index is 13.0. The first-order valence-electron chi connectivity index (χ1n) is 6.33. The Morgan fingerprint density at radius 1 is 0.952 bits per heavy atom. The zero-order chi connectivity index (χ0) is 15.2. The molecule has 0 saturated carbocycles. The lowest BCUT2D eigenvalue weighted by Gasteiger charge is -2.12. The summed E-state index contributed by atoms with van der Waals surface area (Å²) in [5.41, 5.74) is 2.22. The molecule has 0 aliphatic heterocycles. The summed E-state index contributed by atoms with van der Waals surface area (Å²) in [6.45, 7) is 0. The summed E-state index contributed by atoms with van der Waals surface area (Å²) in [7, 11) is 3.10. The first-order valence-corrected chi connectivity index (χ1v) is 6.33. The number of methoxy groups -OCH3 is 2. The molecule has 0 radical (unpaired) electrons. The Bertz CT molecular complexity index is 660. The minimum Gasteiger partial charge on any atom is -0.493 e. The van der Waals surface area contributed by atoms with Crippen LogP contribution in [0.4, 0.5) is 4.39 Å². The summed E-state index contributed by atoms with van der Waals surface area (Å²) in [6, 6.07) is 11.3. The maximum atomic E-state index is 13.0. The van der Waals surface area contributed by atoms with Gasteiger partial charge in [-0.3, -0.25) is 4.79 Å². The van der Waals surface area contributed by atoms with Crippen LogP contribution < -0.4 is 9.47 Å². The van der Waals surface area contributed by atoms with Crippen LogP contribution in [0.5, 0.6) is 11.5 Å². The molecule has 21 heavy (non-hydrogen) atoms. The number of halogens is 1. The Kier molecular flexibility index (Phi) is 4.72. The van der Waals surface area contributed by atoms with Gasteiger partial charge in [0.15, 0.2) is 11.5 Å². The van der Waals surface area contributed by atoms with E-state index < -0.39 is 0 Å². The molecule has 2 aromatic rings. The number of hydrogen-bond donors (Lipinski definition) is 0. The minimum absolute atomic E-state index is 0.323. The summed E-state index contributed by atoms with van der Waals surface area (Å²) in [5.74, 6) is 0.844. The number of rotatable bonds is 5.